The van der Waals surface area contributed by atoms with Gasteiger partial charge in [-0.05, 0) is 37.1 Å². The fourth-order valence-electron chi connectivity index (χ4n) is 1.98. The maximum Gasteiger partial charge on any atom is 0.251 e. The number of nitrogens with zero attached hydrogens (tertiary/aromatic N) is 1. The van der Waals surface area contributed by atoms with Gasteiger partial charge < -0.3 is 11.1 Å². The SMILES string of the molecule is CC(C)C(C)(CN)NC(=O)c1ccc2ncccc2c1. The number of hydrogen-bond acceptors (Lipinski definition) is 3. The van der Waals surface area contributed by atoms with Crippen molar-refractivity contribution >= 4 is 16.8 Å². The van der Waals surface area contributed by atoms with Gasteiger partial charge in [-0.25, -0.2) is 0 Å². The van der Waals surface area contributed by atoms with Crippen molar-refractivity contribution in [2.24, 2.45) is 11.7 Å². The van der Waals surface area contributed by atoms with Gasteiger partial charge in [-0.2, -0.15) is 0 Å². The van der Waals surface area contributed by atoms with E-state index in [1.54, 1.807) is 12.3 Å². The van der Waals surface area contributed by atoms with Gasteiger partial charge in [-0.15, -0.1) is 0 Å². The number of fused-ring (bicyclic) bond motifs is 1. The molecule has 0 bridgehead atoms. The predicted molar refractivity (Wildman–Crippen MR) is 81.5 cm³/mol. The number of nitrogens with one attached hydrogen (secondary N) is 1. The third-order valence-electron chi connectivity index (χ3n) is 3.96. The summed E-state index contributed by atoms with van der Waals surface area (Å²) in [5, 5.41) is 4.00. The molecular weight excluding hydrogens is 250 g/mol. The first kappa shape index (κ1) is 14.5. The summed E-state index contributed by atoms with van der Waals surface area (Å²) in [6, 6.07) is 9.32. The molecule has 0 aliphatic heterocycles. The summed E-state index contributed by atoms with van der Waals surface area (Å²) in [6.07, 6.45) is 1.74. The van der Waals surface area contributed by atoms with Crippen LogP contribution in [0.25, 0.3) is 10.9 Å². The lowest BCUT2D eigenvalue weighted by atomic mass is 9.88. The largest absolute Gasteiger partial charge is 0.345 e. The number of amides is 1. The van der Waals surface area contributed by atoms with Crippen molar-refractivity contribution in [2.45, 2.75) is 26.3 Å². The molecule has 1 aromatic carbocycles. The number of carbonyl (C=O) groups excluding carboxylic acids is 1. The summed E-state index contributed by atoms with van der Waals surface area (Å²) in [7, 11) is 0. The van der Waals surface area contributed by atoms with Crippen LogP contribution in [0.3, 0.4) is 0 Å². The van der Waals surface area contributed by atoms with E-state index in [-0.39, 0.29) is 11.8 Å². The van der Waals surface area contributed by atoms with Crippen LogP contribution in [0.5, 0.6) is 0 Å². The molecule has 1 atom stereocenters. The lowest BCUT2D eigenvalue weighted by Crippen LogP contribution is -2.55. The molecule has 1 aromatic heterocycles. The van der Waals surface area contributed by atoms with E-state index in [1.807, 2.05) is 31.2 Å². The third-order valence-corrected chi connectivity index (χ3v) is 3.96. The van der Waals surface area contributed by atoms with E-state index < -0.39 is 5.54 Å². The molecule has 0 fully saturated rings. The van der Waals surface area contributed by atoms with Crippen molar-refractivity contribution in [3.05, 3.63) is 42.1 Å². The van der Waals surface area contributed by atoms with E-state index in [4.69, 9.17) is 5.73 Å². The summed E-state index contributed by atoms with van der Waals surface area (Å²) < 4.78 is 0. The molecule has 0 radical (unpaired) electrons. The molecule has 2 aromatic rings. The van der Waals surface area contributed by atoms with Crippen LogP contribution in [0.2, 0.25) is 0 Å². The summed E-state index contributed by atoms with van der Waals surface area (Å²) in [4.78, 5) is 16.6. The number of nitrogens with two attached hydrogens (primary N) is 1. The predicted octanol–water partition coefficient (Wildman–Crippen LogP) is 2.34. The maximum absolute atomic E-state index is 12.4. The van der Waals surface area contributed by atoms with Gasteiger partial charge >= 0.3 is 0 Å². The highest BCUT2D eigenvalue weighted by molar-refractivity contribution is 5.98. The molecule has 2 rings (SSSR count). The molecule has 0 aliphatic rings. The Morgan fingerprint density at radius 2 is 2.15 bits per heavy atom. The van der Waals surface area contributed by atoms with E-state index in [9.17, 15) is 4.79 Å². The Hall–Kier alpha value is -1.94. The van der Waals surface area contributed by atoms with E-state index >= 15 is 0 Å². The zero-order valence-electron chi connectivity index (χ0n) is 12.2. The summed E-state index contributed by atoms with van der Waals surface area (Å²) >= 11 is 0. The number of pyridine rings is 1. The molecule has 4 heteroatoms. The zero-order chi connectivity index (χ0) is 14.8. The Morgan fingerprint density at radius 3 is 2.80 bits per heavy atom. The van der Waals surface area contributed by atoms with Crippen molar-refractivity contribution in [3.8, 4) is 0 Å². The average molecular weight is 271 g/mol. The molecule has 4 nitrogen and oxygen atoms in total. The summed E-state index contributed by atoms with van der Waals surface area (Å²) in [5.74, 6) is 0.163. The van der Waals surface area contributed by atoms with E-state index in [0.717, 1.165) is 10.9 Å². The smallest absolute Gasteiger partial charge is 0.251 e. The van der Waals surface area contributed by atoms with Crippen LogP contribution < -0.4 is 11.1 Å². The number of benzene rings is 1. The molecule has 3 N–H and O–H groups in total. The molecule has 0 aliphatic carbocycles. The normalized spacial score (nSPS) is 14.2. The van der Waals surface area contributed by atoms with Crippen molar-refractivity contribution in [1.29, 1.82) is 0 Å². The number of rotatable bonds is 4. The van der Waals surface area contributed by atoms with Crippen molar-refractivity contribution in [2.75, 3.05) is 6.54 Å². The molecule has 0 saturated heterocycles. The van der Waals surface area contributed by atoms with Gasteiger partial charge in [0.05, 0.1) is 11.1 Å². The average Bonchev–Trinajstić information content (AvgIpc) is 2.46. The first-order valence-corrected chi connectivity index (χ1v) is 6.83. The first-order valence-electron chi connectivity index (χ1n) is 6.83. The molecule has 20 heavy (non-hydrogen) atoms. The van der Waals surface area contributed by atoms with Gasteiger partial charge in [0.1, 0.15) is 0 Å². The molecule has 0 spiro atoms. The van der Waals surface area contributed by atoms with Gasteiger partial charge in [-0.3, -0.25) is 9.78 Å². The summed E-state index contributed by atoms with van der Waals surface area (Å²) in [5.41, 5.74) is 6.91. The van der Waals surface area contributed by atoms with E-state index in [1.165, 1.54) is 0 Å². The van der Waals surface area contributed by atoms with E-state index in [2.05, 4.69) is 24.1 Å². The van der Waals surface area contributed by atoms with Crippen molar-refractivity contribution in [3.63, 3.8) is 0 Å². The topological polar surface area (TPSA) is 68.0 Å². The second-order valence-electron chi connectivity index (χ2n) is 5.64. The first-order chi connectivity index (χ1) is 9.46. The second kappa shape index (κ2) is 5.59. The fraction of sp³-hybridized carbons (Fsp3) is 0.375. The van der Waals surface area contributed by atoms with Crippen LogP contribution in [-0.4, -0.2) is 23.0 Å². The molecule has 106 valence electrons. The highest BCUT2D eigenvalue weighted by atomic mass is 16.1. The standard InChI is InChI=1S/C16H21N3O/c1-11(2)16(3,10-17)19-15(20)13-6-7-14-12(9-13)5-4-8-18-14/h4-9,11H,10,17H2,1-3H3,(H,19,20). The fourth-order valence-corrected chi connectivity index (χ4v) is 1.98. The van der Waals surface area contributed by atoms with Crippen LogP contribution >= 0.6 is 0 Å². The summed E-state index contributed by atoms with van der Waals surface area (Å²) in [6.45, 7) is 6.48. The zero-order valence-corrected chi connectivity index (χ0v) is 12.2. The minimum atomic E-state index is -0.402. The molecule has 1 amide bonds. The number of hydrogen-bond donors (Lipinski definition) is 2. The molecule has 1 heterocycles. The van der Waals surface area contributed by atoms with Gasteiger partial charge in [0, 0.05) is 23.7 Å². The highest BCUT2D eigenvalue weighted by Gasteiger charge is 2.28. The Balaban J connectivity index is 2.27. The Bertz CT molecular complexity index is 624. The monoisotopic (exact) mass is 271 g/mol. The third kappa shape index (κ3) is 2.80. The van der Waals surface area contributed by atoms with Gasteiger partial charge in [0.2, 0.25) is 0 Å². The van der Waals surface area contributed by atoms with Crippen LogP contribution in [0, 0.1) is 5.92 Å². The Labute approximate surface area is 119 Å². The molecule has 1 unspecified atom stereocenters. The molecular formula is C16H21N3O. The van der Waals surface area contributed by atoms with Crippen molar-refractivity contribution in [1.82, 2.24) is 10.3 Å². The Kier molecular flexibility index (Phi) is 4.04. The van der Waals surface area contributed by atoms with Crippen LogP contribution in [-0.2, 0) is 0 Å². The van der Waals surface area contributed by atoms with Gasteiger partial charge in [0.15, 0.2) is 0 Å². The number of aromatic nitrogens is 1. The molecule has 0 saturated carbocycles. The van der Waals surface area contributed by atoms with Crippen molar-refractivity contribution < 1.29 is 4.79 Å². The van der Waals surface area contributed by atoms with Crippen LogP contribution in [0.4, 0.5) is 0 Å². The van der Waals surface area contributed by atoms with E-state index in [0.29, 0.717) is 12.1 Å². The second-order valence-corrected chi connectivity index (χ2v) is 5.64. The van der Waals surface area contributed by atoms with Gasteiger partial charge in [-0.1, -0.05) is 19.9 Å². The van der Waals surface area contributed by atoms with Gasteiger partial charge in [0.25, 0.3) is 5.91 Å². The minimum Gasteiger partial charge on any atom is -0.345 e. The maximum atomic E-state index is 12.4. The number of carbonyl (C=O) groups is 1. The van der Waals surface area contributed by atoms with Crippen LogP contribution in [0.15, 0.2) is 36.5 Å². The Morgan fingerprint density at radius 1 is 1.40 bits per heavy atom. The lowest BCUT2D eigenvalue weighted by molar-refractivity contribution is 0.0883. The minimum absolute atomic E-state index is 0.0996. The van der Waals surface area contributed by atoms with Crippen LogP contribution in [0.1, 0.15) is 31.1 Å². The highest BCUT2D eigenvalue weighted by Crippen LogP contribution is 2.17. The quantitative estimate of drug-likeness (QED) is 0.897. The lowest BCUT2D eigenvalue weighted by Gasteiger charge is -2.33.